The van der Waals surface area contributed by atoms with Gasteiger partial charge in [-0.1, -0.05) is 0 Å². The number of piperazine rings is 1. The number of hydrogen-bond donors (Lipinski definition) is 0. The number of ether oxygens (including phenoxy) is 1. The topological polar surface area (TPSA) is 65.0 Å². The monoisotopic (exact) mass is 348 g/mol. The Balaban J connectivity index is 1.57. The lowest BCUT2D eigenvalue weighted by atomic mass is 10.3. The van der Waals surface area contributed by atoms with Gasteiger partial charge in [0.15, 0.2) is 0 Å². The molecule has 2 aliphatic heterocycles. The first-order chi connectivity index (χ1) is 12.1. The number of amides is 1. The third-order valence-electron chi connectivity index (χ3n) is 4.88. The summed E-state index contributed by atoms with van der Waals surface area (Å²) in [7, 11) is 4.07. The molecule has 0 bridgehead atoms. The second-order valence-corrected chi connectivity index (χ2v) is 6.73. The molecule has 0 aliphatic carbocycles. The molecule has 0 unspecified atom stereocenters. The van der Waals surface area contributed by atoms with Crippen molar-refractivity contribution in [2.45, 2.75) is 0 Å². The van der Waals surface area contributed by atoms with Gasteiger partial charge in [0.2, 0.25) is 0 Å². The molecule has 0 spiro atoms. The predicted molar refractivity (Wildman–Crippen MR) is 96.0 cm³/mol. The maximum absolute atomic E-state index is 12.7. The van der Waals surface area contributed by atoms with Crippen LogP contribution in [0.2, 0.25) is 0 Å². The van der Waals surface area contributed by atoms with Crippen LogP contribution in [0, 0.1) is 0 Å². The van der Waals surface area contributed by atoms with Crippen LogP contribution < -0.4 is 4.90 Å². The van der Waals surface area contributed by atoms with Gasteiger partial charge in [0, 0.05) is 59.4 Å². The highest BCUT2D eigenvalue weighted by Crippen LogP contribution is 2.11. The quantitative estimate of drug-likeness (QED) is 0.719. The zero-order chi connectivity index (χ0) is 17.6. The fourth-order valence-electron chi connectivity index (χ4n) is 3.04. The van der Waals surface area contributed by atoms with Crippen LogP contribution in [-0.4, -0.2) is 110 Å². The lowest BCUT2D eigenvalue weighted by Crippen LogP contribution is -2.47. The summed E-state index contributed by atoms with van der Waals surface area (Å²) in [4.78, 5) is 30.0. The Morgan fingerprint density at radius 1 is 1.16 bits per heavy atom. The Bertz CT molecular complexity index is 570. The lowest BCUT2D eigenvalue weighted by molar-refractivity contribution is 0.0392. The number of aromatic nitrogens is 2. The molecule has 0 aromatic carbocycles. The zero-order valence-electron chi connectivity index (χ0n) is 15.2. The van der Waals surface area contributed by atoms with Crippen LogP contribution in [0.1, 0.15) is 10.5 Å². The molecule has 138 valence electrons. The number of nitrogens with zero attached hydrogens (tertiary/aromatic N) is 6. The molecule has 1 amide bonds. The Kier molecular flexibility index (Phi) is 6.17. The van der Waals surface area contributed by atoms with Crippen LogP contribution in [0.5, 0.6) is 0 Å². The van der Waals surface area contributed by atoms with E-state index in [1.165, 1.54) is 0 Å². The van der Waals surface area contributed by atoms with Gasteiger partial charge in [-0.3, -0.25) is 14.7 Å². The summed E-state index contributed by atoms with van der Waals surface area (Å²) in [6, 6.07) is 0. The van der Waals surface area contributed by atoms with E-state index in [-0.39, 0.29) is 5.91 Å². The number of carbonyl (C=O) groups is 1. The van der Waals surface area contributed by atoms with Gasteiger partial charge in [-0.05, 0) is 7.05 Å². The molecule has 2 saturated heterocycles. The maximum atomic E-state index is 12.7. The number of carbonyl (C=O) groups excluding carboxylic acids is 1. The van der Waals surface area contributed by atoms with Crippen molar-refractivity contribution in [1.29, 1.82) is 0 Å². The molecule has 0 N–H and O–H groups in total. The van der Waals surface area contributed by atoms with Crippen LogP contribution in [0.15, 0.2) is 12.4 Å². The third-order valence-corrected chi connectivity index (χ3v) is 4.88. The first kappa shape index (κ1) is 18.0. The highest BCUT2D eigenvalue weighted by atomic mass is 16.5. The van der Waals surface area contributed by atoms with Gasteiger partial charge >= 0.3 is 0 Å². The Morgan fingerprint density at radius 3 is 2.60 bits per heavy atom. The van der Waals surface area contributed by atoms with E-state index in [0.717, 1.165) is 71.4 Å². The summed E-state index contributed by atoms with van der Waals surface area (Å²) < 4.78 is 5.37. The summed E-state index contributed by atoms with van der Waals surface area (Å²) in [5.41, 5.74) is 0.431. The van der Waals surface area contributed by atoms with Crippen LogP contribution >= 0.6 is 0 Å². The molecule has 1 aromatic heterocycles. The van der Waals surface area contributed by atoms with Crippen molar-refractivity contribution in [3.05, 3.63) is 18.1 Å². The summed E-state index contributed by atoms with van der Waals surface area (Å²) in [5, 5.41) is 0. The molecule has 0 atom stereocenters. The first-order valence-corrected chi connectivity index (χ1v) is 8.94. The molecule has 1 aromatic rings. The van der Waals surface area contributed by atoms with E-state index in [1.807, 2.05) is 11.9 Å². The van der Waals surface area contributed by atoms with Gasteiger partial charge in [-0.2, -0.15) is 0 Å². The number of anilines is 1. The first-order valence-electron chi connectivity index (χ1n) is 8.94. The fourth-order valence-corrected chi connectivity index (χ4v) is 3.04. The van der Waals surface area contributed by atoms with Gasteiger partial charge in [0.1, 0.15) is 11.5 Å². The van der Waals surface area contributed by atoms with E-state index >= 15 is 0 Å². The minimum Gasteiger partial charge on any atom is -0.379 e. The van der Waals surface area contributed by atoms with Crippen molar-refractivity contribution in [2.24, 2.45) is 0 Å². The molecular formula is C17H28N6O2. The fraction of sp³-hybridized carbons (Fsp3) is 0.706. The average Bonchev–Trinajstić information content (AvgIpc) is 2.67. The van der Waals surface area contributed by atoms with Crippen LogP contribution in [0.25, 0.3) is 0 Å². The van der Waals surface area contributed by atoms with Crippen molar-refractivity contribution in [1.82, 2.24) is 24.7 Å². The van der Waals surface area contributed by atoms with Crippen molar-refractivity contribution in [3.63, 3.8) is 0 Å². The zero-order valence-corrected chi connectivity index (χ0v) is 15.2. The maximum Gasteiger partial charge on any atom is 0.274 e. The SMILES string of the molecule is CN1CCN(C(=O)c2cncc(N(C)CCN3CCOCC3)n2)CC1. The predicted octanol–water partition coefficient (Wildman–Crippen LogP) is -0.367. The highest BCUT2D eigenvalue weighted by molar-refractivity contribution is 5.92. The third kappa shape index (κ3) is 4.87. The number of likely N-dealkylation sites (N-methyl/N-ethyl adjacent to an activating group) is 2. The smallest absolute Gasteiger partial charge is 0.274 e. The minimum atomic E-state index is -0.0240. The molecule has 3 rings (SSSR count). The Hall–Kier alpha value is -1.77. The van der Waals surface area contributed by atoms with Crippen molar-refractivity contribution in [2.75, 3.05) is 84.6 Å². The lowest BCUT2D eigenvalue weighted by Gasteiger charge is -2.32. The molecule has 2 aliphatic rings. The van der Waals surface area contributed by atoms with E-state index in [0.29, 0.717) is 5.69 Å². The Labute approximate surface area is 149 Å². The largest absolute Gasteiger partial charge is 0.379 e. The van der Waals surface area contributed by atoms with Gasteiger partial charge in [0.25, 0.3) is 5.91 Å². The van der Waals surface area contributed by atoms with Gasteiger partial charge < -0.3 is 19.4 Å². The number of morpholine rings is 1. The van der Waals surface area contributed by atoms with Crippen LogP contribution in [0.3, 0.4) is 0 Å². The van der Waals surface area contributed by atoms with Crippen molar-refractivity contribution in [3.8, 4) is 0 Å². The van der Waals surface area contributed by atoms with E-state index in [2.05, 4.69) is 31.7 Å². The molecule has 0 saturated carbocycles. The standard InChI is InChI=1S/C17H28N6O2/c1-20-3-7-23(8-4-20)17(24)15-13-18-14-16(19-15)21(2)5-6-22-9-11-25-12-10-22/h13-14H,3-12H2,1-2H3. The van der Waals surface area contributed by atoms with Crippen molar-refractivity contribution < 1.29 is 9.53 Å². The molecule has 8 nitrogen and oxygen atoms in total. The van der Waals surface area contributed by atoms with Crippen LogP contribution in [-0.2, 0) is 4.74 Å². The molecule has 8 heteroatoms. The van der Waals surface area contributed by atoms with E-state index < -0.39 is 0 Å². The van der Waals surface area contributed by atoms with Crippen molar-refractivity contribution >= 4 is 11.7 Å². The second kappa shape index (κ2) is 8.55. The summed E-state index contributed by atoms with van der Waals surface area (Å²) in [6.45, 7) is 8.65. The normalized spacial score (nSPS) is 19.8. The van der Waals surface area contributed by atoms with Gasteiger partial charge in [-0.25, -0.2) is 4.98 Å². The highest BCUT2D eigenvalue weighted by Gasteiger charge is 2.22. The Morgan fingerprint density at radius 2 is 1.88 bits per heavy atom. The van der Waals surface area contributed by atoms with E-state index in [1.54, 1.807) is 12.4 Å². The molecule has 2 fully saturated rings. The average molecular weight is 348 g/mol. The minimum absolute atomic E-state index is 0.0240. The second-order valence-electron chi connectivity index (χ2n) is 6.73. The summed E-state index contributed by atoms with van der Waals surface area (Å²) in [6.07, 6.45) is 3.29. The van der Waals surface area contributed by atoms with Gasteiger partial charge in [0.05, 0.1) is 25.6 Å². The summed E-state index contributed by atoms with van der Waals surface area (Å²) >= 11 is 0. The molecular weight excluding hydrogens is 320 g/mol. The van der Waals surface area contributed by atoms with E-state index in [9.17, 15) is 4.79 Å². The van der Waals surface area contributed by atoms with Gasteiger partial charge in [-0.15, -0.1) is 0 Å². The number of hydrogen-bond acceptors (Lipinski definition) is 7. The molecule has 0 radical (unpaired) electrons. The summed E-state index contributed by atoms with van der Waals surface area (Å²) in [5.74, 6) is 0.720. The van der Waals surface area contributed by atoms with E-state index in [4.69, 9.17) is 4.74 Å². The number of rotatable bonds is 5. The molecule has 25 heavy (non-hydrogen) atoms. The molecule has 3 heterocycles. The van der Waals surface area contributed by atoms with Crippen LogP contribution in [0.4, 0.5) is 5.82 Å².